The highest BCUT2D eigenvalue weighted by atomic mass is 19.4. The summed E-state index contributed by atoms with van der Waals surface area (Å²) in [6.45, 7) is 2.31. The standard InChI is InChI=1S/C27H30F3N3O5/c1-2-7-21-23(11-10-20-22(27(28,29)30)15-25(36)38-26(20)21)37-13-5-3-4-12-33(17-34)24(35)16-32-19-9-6-8-18(31)14-19/h6,8-11,14-15,17,32H,2-5,7,12-13,16,31H2,1H3. The number of ether oxygens (including phenoxy) is 1. The maximum atomic E-state index is 13.4. The fourth-order valence-corrected chi connectivity index (χ4v) is 4.03. The molecule has 0 aliphatic carbocycles. The van der Waals surface area contributed by atoms with Gasteiger partial charge in [0, 0.05) is 34.9 Å². The summed E-state index contributed by atoms with van der Waals surface area (Å²) in [5, 5.41) is 2.75. The van der Waals surface area contributed by atoms with Crippen molar-refractivity contribution in [1.82, 2.24) is 4.90 Å². The fraction of sp³-hybridized carbons (Fsp3) is 0.370. The van der Waals surface area contributed by atoms with Crippen LogP contribution in [0.2, 0.25) is 0 Å². The highest BCUT2D eigenvalue weighted by Gasteiger charge is 2.34. The molecule has 1 heterocycles. The van der Waals surface area contributed by atoms with E-state index < -0.39 is 17.4 Å². The third kappa shape index (κ3) is 7.50. The number of carbonyl (C=O) groups excluding carboxylic acids is 2. The van der Waals surface area contributed by atoms with Gasteiger partial charge in [-0.2, -0.15) is 13.2 Å². The van der Waals surface area contributed by atoms with Crippen LogP contribution in [0.5, 0.6) is 5.75 Å². The Labute approximate surface area is 217 Å². The molecule has 3 rings (SSSR count). The summed E-state index contributed by atoms with van der Waals surface area (Å²) in [7, 11) is 0. The van der Waals surface area contributed by atoms with Crippen molar-refractivity contribution in [2.24, 2.45) is 0 Å². The zero-order chi connectivity index (χ0) is 27.7. The highest BCUT2D eigenvalue weighted by Crippen LogP contribution is 2.37. The molecule has 204 valence electrons. The van der Waals surface area contributed by atoms with Gasteiger partial charge in [-0.15, -0.1) is 0 Å². The third-order valence-electron chi connectivity index (χ3n) is 5.86. The molecule has 0 spiro atoms. The number of carbonyl (C=O) groups is 2. The van der Waals surface area contributed by atoms with Crippen molar-refractivity contribution in [1.29, 1.82) is 0 Å². The van der Waals surface area contributed by atoms with Gasteiger partial charge in [0.25, 0.3) is 0 Å². The van der Waals surface area contributed by atoms with Gasteiger partial charge >= 0.3 is 11.8 Å². The van der Waals surface area contributed by atoms with Gasteiger partial charge in [-0.25, -0.2) is 4.79 Å². The van der Waals surface area contributed by atoms with E-state index in [9.17, 15) is 27.6 Å². The molecule has 3 N–H and O–H groups in total. The number of imide groups is 1. The van der Waals surface area contributed by atoms with E-state index in [1.54, 1.807) is 24.3 Å². The van der Waals surface area contributed by atoms with Crippen LogP contribution in [0, 0.1) is 0 Å². The third-order valence-corrected chi connectivity index (χ3v) is 5.86. The van der Waals surface area contributed by atoms with Gasteiger partial charge in [0.1, 0.15) is 11.3 Å². The van der Waals surface area contributed by atoms with Crippen LogP contribution in [0.25, 0.3) is 11.0 Å². The number of nitrogens with zero attached hydrogens (tertiary/aromatic N) is 1. The second-order valence-electron chi connectivity index (χ2n) is 8.73. The lowest BCUT2D eigenvalue weighted by Gasteiger charge is -2.17. The zero-order valence-corrected chi connectivity index (χ0v) is 21.0. The normalized spacial score (nSPS) is 11.4. The van der Waals surface area contributed by atoms with Crippen LogP contribution >= 0.6 is 0 Å². The number of unbranched alkanes of at least 4 members (excludes halogenated alkanes) is 2. The molecule has 0 saturated carbocycles. The summed E-state index contributed by atoms with van der Waals surface area (Å²) in [5.41, 5.74) is 5.13. The van der Waals surface area contributed by atoms with Gasteiger partial charge in [-0.05, 0) is 56.0 Å². The summed E-state index contributed by atoms with van der Waals surface area (Å²) < 4.78 is 51.3. The van der Waals surface area contributed by atoms with Gasteiger partial charge in [0.2, 0.25) is 12.3 Å². The number of nitrogens with one attached hydrogen (secondary N) is 1. The average Bonchev–Trinajstić information content (AvgIpc) is 2.87. The molecule has 0 aliphatic heterocycles. The molecule has 0 atom stereocenters. The van der Waals surface area contributed by atoms with Gasteiger partial charge < -0.3 is 20.2 Å². The van der Waals surface area contributed by atoms with E-state index in [-0.39, 0.29) is 36.6 Å². The lowest BCUT2D eigenvalue weighted by molar-refractivity contribution is -0.137. The Bertz CT molecular complexity index is 1320. The van der Waals surface area contributed by atoms with Gasteiger partial charge in [0.05, 0.1) is 18.7 Å². The number of aryl methyl sites for hydroxylation is 1. The van der Waals surface area contributed by atoms with Crippen molar-refractivity contribution < 1.29 is 31.9 Å². The van der Waals surface area contributed by atoms with Crippen molar-refractivity contribution in [3.05, 3.63) is 64.0 Å². The molecule has 11 heteroatoms. The minimum absolute atomic E-state index is 0.0559. The summed E-state index contributed by atoms with van der Waals surface area (Å²) in [6, 6.07) is 10.1. The highest BCUT2D eigenvalue weighted by molar-refractivity contribution is 5.89. The van der Waals surface area contributed by atoms with E-state index in [0.717, 1.165) is 4.90 Å². The Balaban J connectivity index is 1.53. The zero-order valence-electron chi connectivity index (χ0n) is 21.0. The summed E-state index contributed by atoms with van der Waals surface area (Å²) >= 11 is 0. The minimum Gasteiger partial charge on any atom is -0.493 e. The number of nitrogens with two attached hydrogens (primary N) is 1. The van der Waals surface area contributed by atoms with Crippen LogP contribution in [-0.4, -0.2) is 36.9 Å². The molecule has 0 unspecified atom stereocenters. The maximum absolute atomic E-state index is 13.4. The molecule has 8 nitrogen and oxygen atoms in total. The number of benzene rings is 2. The predicted molar refractivity (Wildman–Crippen MR) is 138 cm³/mol. The summed E-state index contributed by atoms with van der Waals surface area (Å²) in [6.07, 6.45) is -1.44. The molecule has 2 amide bonds. The van der Waals surface area contributed by atoms with E-state index in [1.165, 1.54) is 12.1 Å². The van der Waals surface area contributed by atoms with E-state index in [4.69, 9.17) is 14.9 Å². The number of amides is 2. The van der Waals surface area contributed by atoms with Crippen LogP contribution in [-0.2, 0) is 22.2 Å². The maximum Gasteiger partial charge on any atom is 0.417 e. The number of anilines is 2. The van der Waals surface area contributed by atoms with Crippen LogP contribution in [0.3, 0.4) is 0 Å². The molecule has 0 saturated heterocycles. The number of rotatable bonds is 13. The van der Waals surface area contributed by atoms with E-state index in [0.29, 0.717) is 67.3 Å². The molecular weight excluding hydrogens is 503 g/mol. The fourth-order valence-electron chi connectivity index (χ4n) is 4.03. The molecule has 0 fully saturated rings. The Morgan fingerprint density at radius 2 is 1.95 bits per heavy atom. The average molecular weight is 534 g/mol. The predicted octanol–water partition coefficient (Wildman–Crippen LogP) is 4.99. The first-order valence-corrected chi connectivity index (χ1v) is 12.3. The van der Waals surface area contributed by atoms with Crippen LogP contribution in [0.4, 0.5) is 24.5 Å². The second kappa shape index (κ2) is 13.0. The Kier molecular flexibility index (Phi) is 9.75. The number of hydrogen-bond acceptors (Lipinski definition) is 7. The second-order valence-corrected chi connectivity index (χ2v) is 8.73. The van der Waals surface area contributed by atoms with Crippen molar-refractivity contribution in [2.45, 2.75) is 45.2 Å². The van der Waals surface area contributed by atoms with Crippen LogP contribution in [0.1, 0.15) is 43.7 Å². The number of halogens is 3. The van der Waals surface area contributed by atoms with Crippen LogP contribution in [0.15, 0.2) is 51.7 Å². The van der Waals surface area contributed by atoms with Gasteiger partial charge in [0.15, 0.2) is 0 Å². The first kappa shape index (κ1) is 28.5. The Morgan fingerprint density at radius 3 is 2.63 bits per heavy atom. The first-order valence-electron chi connectivity index (χ1n) is 12.3. The number of fused-ring (bicyclic) bond motifs is 1. The molecule has 0 aliphatic rings. The SMILES string of the molecule is CCCc1c(OCCCCCN(C=O)C(=O)CNc2cccc(N)c2)ccc2c(C(F)(F)F)cc(=O)oc12. The minimum atomic E-state index is -4.69. The molecule has 38 heavy (non-hydrogen) atoms. The number of alkyl halides is 3. The van der Waals surface area contributed by atoms with E-state index >= 15 is 0 Å². The molecule has 0 bridgehead atoms. The van der Waals surface area contributed by atoms with Gasteiger partial charge in [-0.1, -0.05) is 19.4 Å². The molecule has 1 aromatic heterocycles. The van der Waals surface area contributed by atoms with E-state index in [1.807, 2.05) is 6.92 Å². The number of hydrogen-bond donors (Lipinski definition) is 2. The molecule has 2 aromatic carbocycles. The molecular formula is C27H30F3N3O5. The Morgan fingerprint density at radius 1 is 1.16 bits per heavy atom. The van der Waals surface area contributed by atoms with Crippen molar-refractivity contribution >= 4 is 34.7 Å². The van der Waals surface area contributed by atoms with E-state index in [2.05, 4.69) is 5.32 Å². The van der Waals surface area contributed by atoms with Crippen LogP contribution < -0.4 is 21.4 Å². The summed E-state index contributed by atoms with van der Waals surface area (Å²) in [5.74, 6) is -0.0158. The smallest absolute Gasteiger partial charge is 0.417 e. The largest absolute Gasteiger partial charge is 0.493 e. The molecule has 0 radical (unpaired) electrons. The van der Waals surface area contributed by atoms with Crippen molar-refractivity contribution in [3.8, 4) is 5.75 Å². The quantitative estimate of drug-likeness (QED) is 0.138. The molecule has 3 aromatic rings. The Hall–Kier alpha value is -4.02. The monoisotopic (exact) mass is 533 g/mol. The first-order chi connectivity index (χ1) is 18.1. The lowest BCUT2D eigenvalue weighted by atomic mass is 10.0. The van der Waals surface area contributed by atoms with Crippen molar-refractivity contribution in [3.63, 3.8) is 0 Å². The van der Waals surface area contributed by atoms with Gasteiger partial charge in [-0.3, -0.25) is 14.5 Å². The topological polar surface area (TPSA) is 115 Å². The lowest BCUT2D eigenvalue weighted by Crippen LogP contribution is -2.35. The van der Waals surface area contributed by atoms with Crippen molar-refractivity contribution in [2.75, 3.05) is 30.7 Å². The summed E-state index contributed by atoms with van der Waals surface area (Å²) in [4.78, 5) is 36.6. The number of nitrogen functional groups attached to an aromatic ring is 1.